The van der Waals surface area contributed by atoms with Crippen molar-refractivity contribution in [1.29, 1.82) is 0 Å². The van der Waals surface area contributed by atoms with Gasteiger partial charge in [-0.25, -0.2) is 8.42 Å². The highest BCUT2D eigenvalue weighted by Crippen LogP contribution is 2.33. The summed E-state index contributed by atoms with van der Waals surface area (Å²) in [6.45, 7) is 2.46. The van der Waals surface area contributed by atoms with Gasteiger partial charge in [0.25, 0.3) is 0 Å². The fourth-order valence-corrected chi connectivity index (χ4v) is 5.40. The molecule has 1 aliphatic carbocycles. The highest BCUT2D eigenvalue weighted by molar-refractivity contribution is 7.89. The quantitative estimate of drug-likeness (QED) is 0.809. The zero-order valence-electron chi connectivity index (χ0n) is 11.4. The lowest BCUT2D eigenvalue weighted by atomic mass is 10.1. The summed E-state index contributed by atoms with van der Waals surface area (Å²) < 4.78 is 32.8. The average molecular weight is 288 g/mol. The van der Waals surface area contributed by atoms with Gasteiger partial charge in [-0.15, -0.1) is 0 Å². The van der Waals surface area contributed by atoms with E-state index < -0.39 is 10.0 Å². The highest BCUT2D eigenvalue weighted by Gasteiger charge is 2.43. The maximum atomic E-state index is 12.7. The van der Waals surface area contributed by atoms with Crippen molar-refractivity contribution in [3.63, 3.8) is 0 Å². The van der Waals surface area contributed by atoms with E-state index in [9.17, 15) is 8.42 Å². The molecule has 2 saturated heterocycles. The van der Waals surface area contributed by atoms with E-state index in [1.807, 2.05) is 4.31 Å². The van der Waals surface area contributed by atoms with Gasteiger partial charge in [0.1, 0.15) is 0 Å². The Morgan fingerprint density at radius 1 is 1.11 bits per heavy atom. The van der Waals surface area contributed by atoms with Crippen molar-refractivity contribution in [2.24, 2.45) is 0 Å². The summed E-state index contributed by atoms with van der Waals surface area (Å²) in [7, 11) is -3.17. The van der Waals surface area contributed by atoms with Crippen molar-refractivity contribution < 1.29 is 13.2 Å². The minimum atomic E-state index is -3.17. The number of ether oxygens (including phenoxy) is 1. The van der Waals surface area contributed by atoms with Gasteiger partial charge in [-0.1, -0.05) is 0 Å². The zero-order chi connectivity index (χ0) is 13.3. The number of rotatable bonds is 5. The third-order valence-corrected chi connectivity index (χ3v) is 6.32. The molecule has 0 amide bonds. The second-order valence-corrected chi connectivity index (χ2v) is 7.89. The molecule has 0 radical (unpaired) electrons. The first kappa shape index (κ1) is 13.8. The van der Waals surface area contributed by atoms with Crippen molar-refractivity contribution in [3.8, 4) is 0 Å². The van der Waals surface area contributed by atoms with Crippen LogP contribution in [0.2, 0.25) is 0 Å². The molecule has 0 spiro atoms. The second kappa shape index (κ2) is 5.68. The number of hydrogen-bond acceptors (Lipinski definition) is 4. The molecule has 2 heterocycles. The van der Waals surface area contributed by atoms with Gasteiger partial charge in [0.15, 0.2) is 0 Å². The van der Waals surface area contributed by atoms with Crippen LogP contribution in [0.4, 0.5) is 0 Å². The Hall–Kier alpha value is -0.170. The van der Waals surface area contributed by atoms with E-state index in [0.717, 1.165) is 51.6 Å². The molecule has 6 heteroatoms. The van der Waals surface area contributed by atoms with Gasteiger partial charge < -0.3 is 10.1 Å². The third kappa shape index (κ3) is 3.29. The maximum Gasteiger partial charge on any atom is 0.217 e. The van der Waals surface area contributed by atoms with Crippen molar-refractivity contribution in [3.05, 3.63) is 0 Å². The monoisotopic (exact) mass is 288 g/mol. The van der Waals surface area contributed by atoms with Crippen LogP contribution in [-0.2, 0) is 14.8 Å². The van der Waals surface area contributed by atoms with Gasteiger partial charge >= 0.3 is 0 Å². The van der Waals surface area contributed by atoms with Crippen LogP contribution in [0, 0.1) is 0 Å². The molecule has 3 fully saturated rings. The summed E-state index contributed by atoms with van der Waals surface area (Å²) in [6, 6.07) is 0.430. The summed E-state index contributed by atoms with van der Waals surface area (Å²) in [4.78, 5) is 0. The molecule has 0 aromatic carbocycles. The van der Waals surface area contributed by atoms with E-state index in [1.54, 1.807) is 0 Å². The molecule has 0 aromatic rings. The summed E-state index contributed by atoms with van der Waals surface area (Å²) in [5.41, 5.74) is 0. The van der Waals surface area contributed by atoms with Crippen LogP contribution in [-0.4, -0.2) is 56.4 Å². The molecule has 0 bridgehead atoms. The largest absolute Gasteiger partial charge is 0.377 e. The predicted octanol–water partition coefficient (Wildman–Crippen LogP) is 0.712. The van der Waals surface area contributed by atoms with E-state index >= 15 is 0 Å². The summed E-state index contributed by atoms with van der Waals surface area (Å²) in [5.74, 6) is 0.181. The van der Waals surface area contributed by atoms with E-state index in [2.05, 4.69) is 5.32 Å². The van der Waals surface area contributed by atoms with Gasteiger partial charge in [-0.05, 0) is 45.1 Å². The number of nitrogens with zero attached hydrogens (tertiary/aromatic N) is 1. The first-order valence-corrected chi connectivity index (χ1v) is 9.11. The molecule has 19 heavy (non-hydrogen) atoms. The lowest BCUT2D eigenvalue weighted by Crippen LogP contribution is -2.46. The molecule has 2 aliphatic heterocycles. The van der Waals surface area contributed by atoms with Gasteiger partial charge in [0, 0.05) is 25.2 Å². The van der Waals surface area contributed by atoms with Crippen LogP contribution >= 0.6 is 0 Å². The molecule has 110 valence electrons. The molecule has 5 nitrogen and oxygen atoms in total. The Morgan fingerprint density at radius 3 is 2.53 bits per heavy atom. The number of sulfonamides is 1. The van der Waals surface area contributed by atoms with E-state index in [0.29, 0.717) is 6.61 Å². The standard InChI is InChI=1S/C13H24N2O3S/c16-19(17,10-13-3-1-2-8-18-13)15(11-4-5-11)12-6-7-14-9-12/h11-14H,1-10H2. The third-order valence-electron chi connectivity index (χ3n) is 4.29. The fourth-order valence-electron chi connectivity index (χ4n) is 3.20. The van der Waals surface area contributed by atoms with Gasteiger partial charge in [-0.3, -0.25) is 0 Å². The number of nitrogens with one attached hydrogen (secondary N) is 1. The molecule has 3 aliphatic rings. The van der Waals surface area contributed by atoms with Crippen molar-refractivity contribution >= 4 is 10.0 Å². The lowest BCUT2D eigenvalue weighted by molar-refractivity contribution is 0.0297. The van der Waals surface area contributed by atoms with Gasteiger partial charge in [0.2, 0.25) is 10.0 Å². The molecule has 1 N–H and O–H groups in total. The Morgan fingerprint density at radius 2 is 1.95 bits per heavy atom. The van der Waals surface area contributed by atoms with Crippen LogP contribution in [0.25, 0.3) is 0 Å². The summed E-state index contributed by atoms with van der Waals surface area (Å²) in [6.07, 6.45) is 5.96. The molecule has 1 saturated carbocycles. The first-order valence-electron chi connectivity index (χ1n) is 7.50. The molecular weight excluding hydrogens is 264 g/mol. The predicted molar refractivity (Wildman–Crippen MR) is 73.5 cm³/mol. The topological polar surface area (TPSA) is 58.6 Å². The highest BCUT2D eigenvalue weighted by atomic mass is 32.2. The molecule has 2 unspecified atom stereocenters. The first-order chi connectivity index (χ1) is 9.17. The maximum absolute atomic E-state index is 12.7. The van der Waals surface area contributed by atoms with Crippen LogP contribution in [0.1, 0.15) is 38.5 Å². The average Bonchev–Trinajstić information content (AvgIpc) is 3.04. The fraction of sp³-hybridized carbons (Fsp3) is 1.00. The van der Waals surface area contributed by atoms with Crippen LogP contribution < -0.4 is 5.32 Å². The molecular formula is C13H24N2O3S. The minimum absolute atomic E-state index is 0.0886. The minimum Gasteiger partial charge on any atom is -0.377 e. The molecule has 3 rings (SSSR count). The Bertz CT molecular complexity index is 396. The SMILES string of the molecule is O=S(=O)(CC1CCCCO1)N(C1CC1)C1CCNC1. The van der Waals surface area contributed by atoms with Crippen molar-refractivity contribution in [2.45, 2.75) is 56.7 Å². The summed E-state index contributed by atoms with van der Waals surface area (Å²) >= 11 is 0. The normalized spacial score (nSPS) is 32.9. The Labute approximate surface area is 115 Å². The van der Waals surface area contributed by atoms with Crippen LogP contribution in [0.15, 0.2) is 0 Å². The van der Waals surface area contributed by atoms with E-state index in [1.165, 1.54) is 0 Å². The van der Waals surface area contributed by atoms with Crippen LogP contribution in [0.5, 0.6) is 0 Å². The summed E-state index contributed by atoms with van der Waals surface area (Å²) in [5, 5.41) is 3.27. The van der Waals surface area contributed by atoms with Gasteiger partial charge in [0.05, 0.1) is 11.9 Å². The zero-order valence-corrected chi connectivity index (χ0v) is 12.2. The Balaban J connectivity index is 1.68. The van der Waals surface area contributed by atoms with Crippen molar-refractivity contribution in [1.82, 2.24) is 9.62 Å². The van der Waals surface area contributed by atoms with E-state index in [-0.39, 0.29) is 23.9 Å². The van der Waals surface area contributed by atoms with Crippen LogP contribution in [0.3, 0.4) is 0 Å². The lowest BCUT2D eigenvalue weighted by Gasteiger charge is -2.30. The van der Waals surface area contributed by atoms with Gasteiger partial charge in [-0.2, -0.15) is 4.31 Å². The Kier molecular flexibility index (Phi) is 4.12. The van der Waals surface area contributed by atoms with Crippen molar-refractivity contribution in [2.75, 3.05) is 25.4 Å². The smallest absolute Gasteiger partial charge is 0.217 e. The second-order valence-electron chi connectivity index (χ2n) is 5.97. The molecule has 0 aromatic heterocycles. The van der Waals surface area contributed by atoms with E-state index in [4.69, 9.17) is 4.74 Å². The molecule has 2 atom stereocenters. The number of hydrogen-bond donors (Lipinski definition) is 1.